The molecular formula is C26H22N4O2S. The fourth-order valence-corrected chi connectivity index (χ4v) is 5.44. The first-order chi connectivity index (χ1) is 16.1. The molecule has 1 aliphatic heterocycles. The van der Waals surface area contributed by atoms with Gasteiger partial charge in [0.2, 0.25) is 5.91 Å². The van der Waals surface area contributed by atoms with E-state index in [1.807, 2.05) is 28.9 Å². The van der Waals surface area contributed by atoms with Crippen molar-refractivity contribution < 1.29 is 9.59 Å². The summed E-state index contributed by atoms with van der Waals surface area (Å²) < 4.78 is 1.97. The third-order valence-electron chi connectivity index (χ3n) is 6.30. The Bertz CT molecular complexity index is 1410. The van der Waals surface area contributed by atoms with E-state index in [0.717, 1.165) is 35.5 Å². The quantitative estimate of drug-likeness (QED) is 0.482. The number of hydrogen-bond acceptors (Lipinski definition) is 4. The second-order valence-corrected chi connectivity index (χ2v) is 9.52. The standard InChI is InChI=1S/C26H22N4O2S/c31-25-15-33-24-11-8-17(13-22(24)28-25)26(32)27-19-9-10-21-18(12-19)14-30(29-21)23-7-3-5-16-4-1-2-6-20(16)23/h1-8,11,13-14,19H,9-10,12,15H2,(H,27,32)(H,28,31). The highest BCUT2D eigenvalue weighted by atomic mass is 32.2. The van der Waals surface area contributed by atoms with Gasteiger partial charge in [-0.1, -0.05) is 36.4 Å². The van der Waals surface area contributed by atoms with Crippen molar-refractivity contribution in [2.75, 3.05) is 11.1 Å². The van der Waals surface area contributed by atoms with E-state index < -0.39 is 0 Å². The van der Waals surface area contributed by atoms with E-state index in [1.54, 1.807) is 6.07 Å². The lowest BCUT2D eigenvalue weighted by atomic mass is 9.93. The molecular weight excluding hydrogens is 432 g/mol. The molecule has 164 valence electrons. The second-order valence-electron chi connectivity index (χ2n) is 8.50. The number of nitrogens with zero attached hydrogens (tertiary/aromatic N) is 2. The maximum absolute atomic E-state index is 12.9. The van der Waals surface area contributed by atoms with Crippen molar-refractivity contribution in [3.8, 4) is 5.69 Å². The summed E-state index contributed by atoms with van der Waals surface area (Å²) in [6, 6.07) is 20.1. The van der Waals surface area contributed by atoms with E-state index in [1.165, 1.54) is 28.1 Å². The van der Waals surface area contributed by atoms with E-state index in [2.05, 4.69) is 47.2 Å². The number of aromatic nitrogens is 2. The highest BCUT2D eigenvalue weighted by Crippen LogP contribution is 2.32. The fourth-order valence-electron chi connectivity index (χ4n) is 4.65. The zero-order valence-corrected chi connectivity index (χ0v) is 18.7. The Balaban J connectivity index is 1.20. The van der Waals surface area contributed by atoms with E-state index in [-0.39, 0.29) is 17.9 Å². The van der Waals surface area contributed by atoms with Crippen LogP contribution in [-0.2, 0) is 17.6 Å². The Morgan fingerprint density at radius 1 is 1.12 bits per heavy atom. The molecule has 0 radical (unpaired) electrons. The molecule has 6 nitrogen and oxygen atoms in total. The molecule has 33 heavy (non-hydrogen) atoms. The average Bonchev–Trinajstić information content (AvgIpc) is 3.26. The van der Waals surface area contributed by atoms with E-state index in [4.69, 9.17) is 5.10 Å². The summed E-state index contributed by atoms with van der Waals surface area (Å²) in [5.74, 6) is 0.265. The van der Waals surface area contributed by atoms with Gasteiger partial charge >= 0.3 is 0 Å². The van der Waals surface area contributed by atoms with Crippen LogP contribution in [0.4, 0.5) is 5.69 Å². The van der Waals surface area contributed by atoms with Crippen LogP contribution in [0, 0.1) is 0 Å². The minimum Gasteiger partial charge on any atom is -0.349 e. The number of rotatable bonds is 3. The molecule has 2 heterocycles. The molecule has 7 heteroatoms. The first kappa shape index (κ1) is 20.1. The zero-order chi connectivity index (χ0) is 22.4. The van der Waals surface area contributed by atoms with Gasteiger partial charge in [-0.15, -0.1) is 11.8 Å². The molecule has 0 saturated carbocycles. The van der Waals surface area contributed by atoms with Crippen LogP contribution in [0.3, 0.4) is 0 Å². The molecule has 1 aromatic heterocycles. The van der Waals surface area contributed by atoms with Crippen molar-refractivity contribution >= 4 is 40.0 Å². The van der Waals surface area contributed by atoms with Gasteiger partial charge in [0.1, 0.15) is 0 Å². The first-order valence-corrected chi connectivity index (χ1v) is 12.1. The van der Waals surface area contributed by atoms with Crippen molar-refractivity contribution in [1.82, 2.24) is 15.1 Å². The van der Waals surface area contributed by atoms with Crippen LogP contribution in [-0.4, -0.2) is 33.4 Å². The lowest BCUT2D eigenvalue weighted by Gasteiger charge is -2.23. The van der Waals surface area contributed by atoms with Gasteiger partial charge in [0, 0.05) is 28.1 Å². The van der Waals surface area contributed by atoms with Gasteiger partial charge in [0.15, 0.2) is 0 Å². The third kappa shape index (κ3) is 3.78. The maximum atomic E-state index is 12.9. The molecule has 2 amide bonds. The molecule has 1 atom stereocenters. The summed E-state index contributed by atoms with van der Waals surface area (Å²) in [6.07, 6.45) is 4.53. The second kappa shape index (κ2) is 8.08. The number of carbonyl (C=O) groups is 2. The van der Waals surface area contributed by atoms with E-state index in [9.17, 15) is 9.59 Å². The summed E-state index contributed by atoms with van der Waals surface area (Å²) in [4.78, 5) is 25.6. The molecule has 0 saturated heterocycles. The highest BCUT2D eigenvalue weighted by molar-refractivity contribution is 8.00. The largest absolute Gasteiger partial charge is 0.349 e. The van der Waals surface area contributed by atoms with Crippen LogP contribution in [0.1, 0.15) is 28.0 Å². The lowest BCUT2D eigenvalue weighted by molar-refractivity contribution is -0.113. The van der Waals surface area contributed by atoms with Crippen LogP contribution in [0.2, 0.25) is 0 Å². The predicted molar refractivity (Wildman–Crippen MR) is 130 cm³/mol. The Morgan fingerprint density at radius 2 is 2.00 bits per heavy atom. The Morgan fingerprint density at radius 3 is 2.94 bits per heavy atom. The monoisotopic (exact) mass is 454 g/mol. The van der Waals surface area contributed by atoms with E-state index in [0.29, 0.717) is 17.0 Å². The lowest BCUT2D eigenvalue weighted by Crippen LogP contribution is -2.38. The molecule has 2 aliphatic rings. The van der Waals surface area contributed by atoms with Crippen molar-refractivity contribution in [1.29, 1.82) is 0 Å². The van der Waals surface area contributed by atoms with Crippen molar-refractivity contribution in [2.45, 2.75) is 30.2 Å². The maximum Gasteiger partial charge on any atom is 0.251 e. The number of fused-ring (bicyclic) bond motifs is 3. The Kier molecular flexibility index (Phi) is 4.91. The van der Waals surface area contributed by atoms with Gasteiger partial charge in [-0.25, -0.2) is 4.68 Å². The Hall–Kier alpha value is -3.58. The highest BCUT2D eigenvalue weighted by Gasteiger charge is 2.25. The van der Waals surface area contributed by atoms with Crippen molar-refractivity contribution in [3.05, 3.63) is 83.7 Å². The summed E-state index contributed by atoms with van der Waals surface area (Å²) in [5.41, 5.74) is 4.62. The number of benzene rings is 3. The number of anilines is 1. The van der Waals surface area contributed by atoms with Crippen LogP contribution < -0.4 is 10.6 Å². The molecule has 1 aliphatic carbocycles. The molecule has 6 rings (SSSR count). The minimum absolute atomic E-state index is 0.0342. The first-order valence-electron chi connectivity index (χ1n) is 11.1. The van der Waals surface area contributed by atoms with Crippen molar-refractivity contribution in [3.63, 3.8) is 0 Å². The van der Waals surface area contributed by atoms with Crippen LogP contribution >= 0.6 is 11.8 Å². The van der Waals surface area contributed by atoms with Crippen LogP contribution in [0.15, 0.2) is 71.8 Å². The molecule has 2 N–H and O–H groups in total. The van der Waals surface area contributed by atoms with Crippen molar-refractivity contribution in [2.24, 2.45) is 0 Å². The molecule has 3 aromatic carbocycles. The number of hydrogen-bond donors (Lipinski definition) is 2. The van der Waals surface area contributed by atoms with Crippen LogP contribution in [0.5, 0.6) is 0 Å². The SMILES string of the molecule is O=C1CSc2ccc(C(=O)NC3CCc4nn(-c5cccc6ccccc56)cc4C3)cc2N1. The summed E-state index contributed by atoms with van der Waals surface area (Å²) >= 11 is 1.49. The van der Waals surface area contributed by atoms with Crippen LogP contribution in [0.25, 0.3) is 16.5 Å². The average molecular weight is 455 g/mol. The van der Waals surface area contributed by atoms with Gasteiger partial charge in [-0.05, 0) is 54.5 Å². The van der Waals surface area contributed by atoms with Gasteiger partial charge < -0.3 is 10.6 Å². The molecule has 0 fully saturated rings. The smallest absolute Gasteiger partial charge is 0.251 e. The summed E-state index contributed by atoms with van der Waals surface area (Å²) in [5, 5.41) is 13.2. The van der Waals surface area contributed by atoms with Gasteiger partial charge in [-0.2, -0.15) is 5.10 Å². The number of nitrogens with one attached hydrogen (secondary N) is 2. The molecule has 0 bridgehead atoms. The number of carbonyl (C=O) groups excluding carboxylic acids is 2. The summed E-state index contributed by atoms with van der Waals surface area (Å²) in [6.45, 7) is 0. The number of thioether (sulfide) groups is 1. The molecule has 0 spiro atoms. The normalized spacial score (nSPS) is 17.2. The number of amides is 2. The van der Waals surface area contributed by atoms with Gasteiger partial charge in [0.25, 0.3) is 5.91 Å². The number of aryl methyl sites for hydroxylation is 1. The minimum atomic E-state index is -0.113. The molecule has 1 unspecified atom stereocenters. The third-order valence-corrected chi connectivity index (χ3v) is 7.37. The van der Waals surface area contributed by atoms with Gasteiger partial charge in [-0.3, -0.25) is 9.59 Å². The Labute approximate surface area is 195 Å². The zero-order valence-electron chi connectivity index (χ0n) is 17.9. The van der Waals surface area contributed by atoms with Gasteiger partial charge in [0.05, 0.1) is 22.8 Å². The predicted octanol–water partition coefficient (Wildman–Crippen LogP) is 4.36. The molecule has 4 aromatic rings. The summed E-state index contributed by atoms with van der Waals surface area (Å²) in [7, 11) is 0. The fraction of sp³-hybridized carbons (Fsp3) is 0.192. The topological polar surface area (TPSA) is 76.0 Å². The van der Waals surface area contributed by atoms with E-state index >= 15 is 0 Å².